The molecule has 0 saturated carbocycles. The van der Waals surface area contributed by atoms with Gasteiger partial charge in [0.1, 0.15) is 0 Å². The standard InChI is InChI=1S/C14H25N5O3S/c1-10(13-8-15-18(3)11(13)2)16-14(20)17-12-6-5-7-19(9-12)23(4,21)22/h8,10,12H,5-7,9H2,1-4H3,(H2,16,17,20). The second-order valence-corrected chi connectivity index (χ2v) is 8.09. The van der Waals surface area contributed by atoms with Crippen LogP contribution in [0.2, 0.25) is 0 Å². The van der Waals surface area contributed by atoms with Crippen LogP contribution >= 0.6 is 0 Å². The van der Waals surface area contributed by atoms with E-state index in [1.54, 1.807) is 10.9 Å². The maximum Gasteiger partial charge on any atom is 0.315 e. The number of amides is 2. The molecule has 2 N–H and O–H groups in total. The zero-order chi connectivity index (χ0) is 17.2. The van der Waals surface area contributed by atoms with Crippen LogP contribution in [0.5, 0.6) is 0 Å². The van der Waals surface area contributed by atoms with Gasteiger partial charge in [0.2, 0.25) is 10.0 Å². The van der Waals surface area contributed by atoms with E-state index in [9.17, 15) is 13.2 Å². The average molecular weight is 343 g/mol. The molecule has 0 radical (unpaired) electrons. The molecule has 1 aliphatic heterocycles. The number of urea groups is 1. The van der Waals surface area contributed by atoms with Gasteiger partial charge in [-0.15, -0.1) is 0 Å². The quantitative estimate of drug-likeness (QED) is 0.833. The van der Waals surface area contributed by atoms with E-state index in [-0.39, 0.29) is 18.1 Å². The molecular formula is C14H25N5O3S. The normalized spacial score (nSPS) is 21.0. The summed E-state index contributed by atoms with van der Waals surface area (Å²) in [6.07, 6.45) is 4.46. The Kier molecular flexibility index (Phi) is 5.30. The van der Waals surface area contributed by atoms with Gasteiger partial charge in [-0.25, -0.2) is 17.5 Å². The van der Waals surface area contributed by atoms with E-state index < -0.39 is 10.0 Å². The lowest BCUT2D eigenvalue weighted by molar-refractivity contribution is 0.223. The van der Waals surface area contributed by atoms with E-state index in [4.69, 9.17) is 0 Å². The molecule has 130 valence electrons. The number of aryl methyl sites for hydroxylation is 1. The van der Waals surface area contributed by atoms with Crippen LogP contribution in [0, 0.1) is 6.92 Å². The molecular weight excluding hydrogens is 318 g/mol. The van der Waals surface area contributed by atoms with Gasteiger partial charge < -0.3 is 10.6 Å². The van der Waals surface area contributed by atoms with Gasteiger partial charge in [-0.05, 0) is 26.7 Å². The highest BCUT2D eigenvalue weighted by atomic mass is 32.2. The molecule has 0 bridgehead atoms. The van der Waals surface area contributed by atoms with E-state index in [2.05, 4.69) is 15.7 Å². The van der Waals surface area contributed by atoms with Gasteiger partial charge in [-0.2, -0.15) is 5.10 Å². The monoisotopic (exact) mass is 343 g/mol. The molecule has 8 nitrogen and oxygen atoms in total. The molecule has 9 heteroatoms. The fourth-order valence-electron chi connectivity index (χ4n) is 2.80. The van der Waals surface area contributed by atoms with Crippen LogP contribution in [0.1, 0.15) is 37.1 Å². The number of hydrogen-bond acceptors (Lipinski definition) is 4. The molecule has 23 heavy (non-hydrogen) atoms. The molecule has 0 spiro atoms. The van der Waals surface area contributed by atoms with Crippen molar-refractivity contribution < 1.29 is 13.2 Å². The fourth-order valence-corrected chi connectivity index (χ4v) is 3.72. The van der Waals surface area contributed by atoms with E-state index >= 15 is 0 Å². The van der Waals surface area contributed by atoms with Crippen molar-refractivity contribution in [2.75, 3.05) is 19.3 Å². The number of nitrogens with zero attached hydrogens (tertiary/aromatic N) is 3. The first-order valence-electron chi connectivity index (χ1n) is 7.69. The third-order valence-corrected chi connectivity index (χ3v) is 5.55. The Balaban J connectivity index is 1.90. The molecule has 2 heterocycles. The van der Waals surface area contributed by atoms with Crippen molar-refractivity contribution in [1.29, 1.82) is 0 Å². The van der Waals surface area contributed by atoms with Gasteiger partial charge in [-0.1, -0.05) is 0 Å². The van der Waals surface area contributed by atoms with Gasteiger partial charge >= 0.3 is 6.03 Å². The minimum absolute atomic E-state index is 0.166. The second-order valence-electron chi connectivity index (χ2n) is 6.11. The van der Waals surface area contributed by atoms with E-state index in [1.165, 1.54) is 10.6 Å². The second kappa shape index (κ2) is 6.88. The van der Waals surface area contributed by atoms with Crippen molar-refractivity contribution in [3.8, 4) is 0 Å². The molecule has 2 amide bonds. The summed E-state index contributed by atoms with van der Waals surface area (Å²) in [7, 11) is -1.36. The highest BCUT2D eigenvalue weighted by molar-refractivity contribution is 7.88. The van der Waals surface area contributed by atoms with Crippen molar-refractivity contribution in [3.05, 3.63) is 17.5 Å². The number of piperidine rings is 1. The summed E-state index contributed by atoms with van der Waals surface area (Å²) in [5, 5.41) is 9.91. The zero-order valence-electron chi connectivity index (χ0n) is 14.0. The Morgan fingerprint density at radius 2 is 2.17 bits per heavy atom. The minimum Gasteiger partial charge on any atom is -0.334 e. The van der Waals surface area contributed by atoms with Crippen molar-refractivity contribution in [2.45, 2.75) is 38.8 Å². The van der Waals surface area contributed by atoms with Gasteiger partial charge in [-0.3, -0.25) is 4.68 Å². The average Bonchev–Trinajstić information content (AvgIpc) is 2.78. The first-order chi connectivity index (χ1) is 10.7. The molecule has 2 rings (SSSR count). The van der Waals surface area contributed by atoms with E-state index in [0.717, 1.165) is 24.1 Å². The Labute approximate surface area is 137 Å². The molecule has 1 fully saturated rings. The van der Waals surface area contributed by atoms with Crippen LogP contribution in [-0.2, 0) is 17.1 Å². The summed E-state index contributed by atoms with van der Waals surface area (Å²) in [5.74, 6) is 0. The lowest BCUT2D eigenvalue weighted by Crippen LogP contribution is -2.51. The molecule has 2 unspecified atom stereocenters. The van der Waals surface area contributed by atoms with Crippen LogP contribution in [0.3, 0.4) is 0 Å². The zero-order valence-corrected chi connectivity index (χ0v) is 14.9. The van der Waals surface area contributed by atoms with Crippen LogP contribution in [0.25, 0.3) is 0 Å². The molecule has 0 aliphatic carbocycles. The number of aromatic nitrogens is 2. The van der Waals surface area contributed by atoms with Gasteiger partial charge in [0.05, 0.1) is 18.5 Å². The van der Waals surface area contributed by atoms with E-state index in [0.29, 0.717) is 13.1 Å². The molecule has 2 atom stereocenters. The first-order valence-corrected chi connectivity index (χ1v) is 9.54. The third-order valence-electron chi connectivity index (χ3n) is 4.28. The summed E-state index contributed by atoms with van der Waals surface area (Å²) < 4.78 is 26.4. The summed E-state index contributed by atoms with van der Waals surface area (Å²) >= 11 is 0. The number of sulfonamides is 1. The number of rotatable bonds is 4. The Morgan fingerprint density at radius 3 is 2.74 bits per heavy atom. The van der Waals surface area contributed by atoms with Crippen LogP contribution in [-0.4, -0.2) is 53.9 Å². The Hall–Kier alpha value is -1.61. The minimum atomic E-state index is -3.21. The smallest absolute Gasteiger partial charge is 0.315 e. The maximum atomic E-state index is 12.2. The van der Waals surface area contributed by atoms with Gasteiger partial charge in [0.25, 0.3) is 0 Å². The molecule has 1 aromatic rings. The van der Waals surface area contributed by atoms with Crippen molar-refractivity contribution in [2.24, 2.45) is 7.05 Å². The molecule has 0 aromatic carbocycles. The van der Waals surface area contributed by atoms with Crippen molar-refractivity contribution >= 4 is 16.1 Å². The number of carbonyl (C=O) groups is 1. The molecule has 1 aromatic heterocycles. The lowest BCUT2D eigenvalue weighted by Gasteiger charge is -2.31. The number of hydrogen-bond donors (Lipinski definition) is 2. The topological polar surface area (TPSA) is 96.3 Å². The van der Waals surface area contributed by atoms with E-state index in [1.807, 2.05) is 20.9 Å². The summed E-state index contributed by atoms with van der Waals surface area (Å²) in [5.41, 5.74) is 1.96. The SMILES string of the molecule is Cc1c(C(C)NC(=O)NC2CCCN(S(C)(=O)=O)C2)cnn1C. The largest absolute Gasteiger partial charge is 0.334 e. The van der Waals surface area contributed by atoms with Crippen LogP contribution in [0.4, 0.5) is 4.79 Å². The molecule has 1 aliphatic rings. The van der Waals surface area contributed by atoms with Crippen LogP contribution in [0.15, 0.2) is 6.20 Å². The highest BCUT2D eigenvalue weighted by Crippen LogP contribution is 2.16. The first kappa shape index (κ1) is 17.7. The summed E-state index contributed by atoms with van der Waals surface area (Å²) in [6, 6.07) is -0.625. The van der Waals surface area contributed by atoms with Crippen molar-refractivity contribution in [3.63, 3.8) is 0 Å². The van der Waals surface area contributed by atoms with Gasteiger partial charge in [0.15, 0.2) is 0 Å². The third kappa shape index (κ3) is 4.44. The summed E-state index contributed by atoms with van der Waals surface area (Å²) in [4.78, 5) is 12.2. The fraction of sp³-hybridized carbons (Fsp3) is 0.714. The summed E-state index contributed by atoms with van der Waals surface area (Å²) in [6.45, 7) is 4.69. The van der Waals surface area contributed by atoms with Crippen molar-refractivity contribution in [1.82, 2.24) is 24.7 Å². The predicted molar refractivity (Wildman–Crippen MR) is 87.5 cm³/mol. The highest BCUT2D eigenvalue weighted by Gasteiger charge is 2.27. The Morgan fingerprint density at radius 1 is 1.48 bits per heavy atom. The number of carbonyl (C=O) groups excluding carboxylic acids is 1. The number of nitrogens with one attached hydrogen (secondary N) is 2. The Bertz CT molecular complexity index is 670. The lowest BCUT2D eigenvalue weighted by atomic mass is 10.1. The predicted octanol–water partition coefficient (Wildman–Crippen LogP) is 0.513. The van der Waals surface area contributed by atoms with Crippen LogP contribution < -0.4 is 10.6 Å². The molecule has 1 saturated heterocycles. The van der Waals surface area contributed by atoms with Gasteiger partial charge in [0, 0.05) is 37.4 Å². The maximum absolute atomic E-state index is 12.2.